The predicted octanol–water partition coefficient (Wildman–Crippen LogP) is 1.59. The molecule has 1 fully saturated rings. The molecule has 0 spiro atoms. The molecule has 1 saturated heterocycles. The fourth-order valence-corrected chi connectivity index (χ4v) is 2.30. The first-order valence-electron chi connectivity index (χ1n) is 6.48. The van der Waals surface area contributed by atoms with Crippen LogP contribution in [0.5, 0.6) is 0 Å². The summed E-state index contributed by atoms with van der Waals surface area (Å²) in [5, 5.41) is 3.51. The van der Waals surface area contributed by atoms with Gasteiger partial charge in [-0.1, -0.05) is 6.92 Å². The van der Waals surface area contributed by atoms with Crippen molar-refractivity contribution in [2.45, 2.75) is 45.7 Å². The summed E-state index contributed by atoms with van der Waals surface area (Å²) in [6.45, 7) is 7.85. The number of carbonyl (C=O) groups is 1. The molecule has 4 heteroatoms. The van der Waals surface area contributed by atoms with Crippen LogP contribution in [0.2, 0.25) is 0 Å². The second-order valence-electron chi connectivity index (χ2n) is 5.01. The number of methoxy groups -OCH3 is 1. The van der Waals surface area contributed by atoms with E-state index in [1.54, 1.807) is 0 Å². The maximum Gasteiger partial charge on any atom is 0.309 e. The van der Waals surface area contributed by atoms with Crippen molar-refractivity contribution < 1.29 is 14.3 Å². The number of nitrogens with one attached hydrogen (secondary N) is 1. The molecule has 0 aromatic heterocycles. The molecule has 0 bridgehead atoms. The number of carbonyl (C=O) groups excluding carboxylic acids is 1. The minimum atomic E-state index is -0.149. The second kappa shape index (κ2) is 6.97. The molecule has 3 unspecified atom stereocenters. The molecule has 0 amide bonds. The first kappa shape index (κ1) is 14.5. The van der Waals surface area contributed by atoms with Gasteiger partial charge in [0.05, 0.1) is 13.0 Å². The highest BCUT2D eigenvalue weighted by Crippen LogP contribution is 2.19. The molecule has 1 N–H and O–H groups in total. The molecule has 1 aliphatic rings. The van der Waals surface area contributed by atoms with Crippen LogP contribution >= 0.6 is 0 Å². The summed E-state index contributed by atoms with van der Waals surface area (Å²) in [4.78, 5) is 11.4. The van der Waals surface area contributed by atoms with Gasteiger partial charge in [0.15, 0.2) is 0 Å². The van der Waals surface area contributed by atoms with E-state index in [0.29, 0.717) is 12.0 Å². The Labute approximate surface area is 104 Å². The van der Waals surface area contributed by atoms with Gasteiger partial charge in [0.1, 0.15) is 0 Å². The topological polar surface area (TPSA) is 47.6 Å². The van der Waals surface area contributed by atoms with Gasteiger partial charge < -0.3 is 14.8 Å². The van der Waals surface area contributed by atoms with Gasteiger partial charge in [-0.3, -0.25) is 4.79 Å². The Morgan fingerprint density at radius 2 is 1.88 bits per heavy atom. The van der Waals surface area contributed by atoms with Crippen molar-refractivity contribution in [1.82, 2.24) is 5.32 Å². The highest BCUT2D eigenvalue weighted by molar-refractivity contribution is 5.72. The molecular weight excluding hydrogens is 218 g/mol. The van der Waals surface area contributed by atoms with E-state index in [2.05, 4.69) is 12.2 Å². The average Bonchev–Trinajstić information content (AvgIpc) is 2.37. The van der Waals surface area contributed by atoms with Crippen molar-refractivity contribution in [2.75, 3.05) is 20.3 Å². The van der Waals surface area contributed by atoms with Crippen molar-refractivity contribution in [1.29, 1.82) is 0 Å². The summed E-state index contributed by atoms with van der Waals surface area (Å²) in [6, 6.07) is 0.557. The van der Waals surface area contributed by atoms with E-state index in [9.17, 15) is 4.79 Å². The number of hydrogen-bond acceptors (Lipinski definition) is 4. The molecule has 0 aromatic carbocycles. The minimum absolute atomic E-state index is 0.109. The van der Waals surface area contributed by atoms with Crippen LogP contribution in [0.1, 0.15) is 33.6 Å². The summed E-state index contributed by atoms with van der Waals surface area (Å²) in [6.07, 6.45) is 2.21. The Hall–Kier alpha value is -0.610. The Morgan fingerprint density at radius 3 is 2.41 bits per heavy atom. The average molecular weight is 243 g/mol. The first-order chi connectivity index (χ1) is 8.06. The highest BCUT2D eigenvalue weighted by Gasteiger charge is 2.26. The summed E-state index contributed by atoms with van der Waals surface area (Å²) >= 11 is 0. The zero-order valence-corrected chi connectivity index (χ0v) is 11.4. The van der Waals surface area contributed by atoms with Crippen LogP contribution in [0.3, 0.4) is 0 Å². The van der Waals surface area contributed by atoms with E-state index in [1.807, 2.05) is 13.8 Å². The Morgan fingerprint density at radius 1 is 1.29 bits per heavy atom. The quantitative estimate of drug-likeness (QED) is 0.745. The smallest absolute Gasteiger partial charge is 0.309 e. The third-order valence-corrected chi connectivity index (χ3v) is 3.82. The molecule has 17 heavy (non-hydrogen) atoms. The molecule has 1 heterocycles. The fraction of sp³-hybridized carbons (Fsp3) is 0.923. The predicted molar refractivity (Wildman–Crippen MR) is 66.8 cm³/mol. The number of esters is 1. The zero-order chi connectivity index (χ0) is 12.8. The molecular formula is C13H25NO3. The van der Waals surface area contributed by atoms with E-state index in [4.69, 9.17) is 9.47 Å². The molecule has 1 aliphatic heterocycles. The summed E-state index contributed by atoms with van der Waals surface area (Å²) < 4.78 is 10.1. The lowest BCUT2D eigenvalue weighted by Gasteiger charge is -2.32. The minimum Gasteiger partial charge on any atom is -0.469 e. The monoisotopic (exact) mass is 243 g/mol. The number of ether oxygens (including phenoxy) is 2. The number of rotatable bonds is 5. The van der Waals surface area contributed by atoms with Gasteiger partial charge >= 0.3 is 5.97 Å². The van der Waals surface area contributed by atoms with Crippen molar-refractivity contribution >= 4 is 5.97 Å². The van der Waals surface area contributed by atoms with E-state index in [0.717, 1.165) is 26.1 Å². The molecule has 4 nitrogen and oxygen atoms in total. The fourth-order valence-electron chi connectivity index (χ4n) is 2.30. The largest absolute Gasteiger partial charge is 0.469 e. The Balaban J connectivity index is 2.38. The van der Waals surface area contributed by atoms with Crippen molar-refractivity contribution in [3.8, 4) is 0 Å². The van der Waals surface area contributed by atoms with E-state index in [-0.39, 0.29) is 17.9 Å². The van der Waals surface area contributed by atoms with Gasteiger partial charge in [0.25, 0.3) is 0 Å². The second-order valence-corrected chi connectivity index (χ2v) is 5.01. The van der Waals surface area contributed by atoms with Gasteiger partial charge in [-0.2, -0.15) is 0 Å². The highest BCUT2D eigenvalue weighted by atomic mass is 16.5. The SMILES string of the molecule is COC(=O)C(C)C(C)NC(C)C1CCOCC1. The van der Waals surface area contributed by atoms with E-state index >= 15 is 0 Å². The van der Waals surface area contributed by atoms with Crippen LogP contribution in [0.4, 0.5) is 0 Å². The van der Waals surface area contributed by atoms with Crippen molar-refractivity contribution in [3.05, 3.63) is 0 Å². The van der Waals surface area contributed by atoms with Gasteiger partial charge in [0.2, 0.25) is 0 Å². The first-order valence-corrected chi connectivity index (χ1v) is 6.48. The summed E-state index contributed by atoms with van der Waals surface area (Å²) in [5.41, 5.74) is 0. The van der Waals surface area contributed by atoms with Crippen LogP contribution in [0.25, 0.3) is 0 Å². The molecule has 3 atom stereocenters. The summed E-state index contributed by atoms with van der Waals surface area (Å²) in [7, 11) is 1.44. The van der Waals surface area contributed by atoms with Gasteiger partial charge in [-0.25, -0.2) is 0 Å². The lowest BCUT2D eigenvalue weighted by molar-refractivity contribution is -0.145. The van der Waals surface area contributed by atoms with Crippen molar-refractivity contribution in [2.24, 2.45) is 11.8 Å². The molecule has 100 valence electrons. The normalized spacial score (nSPS) is 22.8. The molecule has 0 aliphatic carbocycles. The van der Waals surface area contributed by atoms with E-state index in [1.165, 1.54) is 7.11 Å². The van der Waals surface area contributed by atoms with Crippen LogP contribution in [0, 0.1) is 11.8 Å². The van der Waals surface area contributed by atoms with Crippen LogP contribution in [0.15, 0.2) is 0 Å². The van der Waals surface area contributed by atoms with Gasteiger partial charge in [-0.05, 0) is 32.6 Å². The Bertz CT molecular complexity index is 239. The lowest BCUT2D eigenvalue weighted by Crippen LogP contribution is -2.45. The van der Waals surface area contributed by atoms with Gasteiger partial charge in [-0.15, -0.1) is 0 Å². The lowest BCUT2D eigenvalue weighted by atomic mass is 9.91. The Kier molecular flexibility index (Phi) is 5.92. The maximum absolute atomic E-state index is 11.4. The zero-order valence-electron chi connectivity index (χ0n) is 11.4. The number of hydrogen-bond donors (Lipinski definition) is 1. The molecule has 0 saturated carbocycles. The van der Waals surface area contributed by atoms with Gasteiger partial charge in [0, 0.05) is 25.3 Å². The van der Waals surface area contributed by atoms with Crippen LogP contribution < -0.4 is 5.32 Å². The van der Waals surface area contributed by atoms with Crippen molar-refractivity contribution in [3.63, 3.8) is 0 Å². The maximum atomic E-state index is 11.4. The van der Waals surface area contributed by atoms with Crippen LogP contribution in [-0.4, -0.2) is 38.4 Å². The standard InChI is InChI=1S/C13H25NO3/c1-9(13(15)16-4)10(2)14-11(3)12-5-7-17-8-6-12/h9-12,14H,5-8H2,1-4H3. The molecule has 0 radical (unpaired) electrons. The molecule has 1 rings (SSSR count). The van der Waals surface area contributed by atoms with E-state index < -0.39 is 0 Å². The summed E-state index contributed by atoms with van der Waals surface area (Å²) in [5.74, 6) is 0.391. The third-order valence-electron chi connectivity index (χ3n) is 3.82. The molecule has 0 aromatic rings. The van der Waals surface area contributed by atoms with Crippen LogP contribution in [-0.2, 0) is 14.3 Å². The third kappa shape index (κ3) is 4.28.